The predicted molar refractivity (Wildman–Crippen MR) is 292 cm³/mol. The molecule has 0 aliphatic heterocycles. The second kappa shape index (κ2) is 26.0. The summed E-state index contributed by atoms with van der Waals surface area (Å²) in [7, 11) is 3.56. The van der Waals surface area contributed by atoms with Crippen LogP contribution in [0.15, 0.2) is 144 Å². The van der Waals surface area contributed by atoms with Crippen LogP contribution < -0.4 is 32.8 Å². The fourth-order valence-corrected chi connectivity index (χ4v) is 9.39. The first-order valence-electron chi connectivity index (χ1n) is 25.6. The number of carbonyl (C=O) groups excluding carboxylic acids is 1. The van der Waals surface area contributed by atoms with Gasteiger partial charge < -0.3 is 26.8 Å². The Morgan fingerprint density at radius 2 is 1.03 bits per heavy atom. The molecule has 0 bridgehead atoms. The monoisotopic (exact) mass is 1010 g/mol. The third-order valence-corrected chi connectivity index (χ3v) is 13.4. The number of aliphatic carboxylic acids is 1. The largest absolute Gasteiger partial charge is 0.480 e. The number of hydrogen-bond acceptors (Lipinski definition) is 11. The molecule has 17 nitrogen and oxygen atoms in total. The van der Waals surface area contributed by atoms with Crippen LogP contribution in [-0.4, -0.2) is 68.7 Å². The van der Waals surface area contributed by atoms with Crippen LogP contribution in [0.25, 0.3) is 22.5 Å². The lowest BCUT2D eigenvalue weighted by atomic mass is 9.90. The molecule has 0 saturated heterocycles. The van der Waals surface area contributed by atoms with E-state index in [1.807, 2.05) is 67.7 Å². The van der Waals surface area contributed by atoms with Crippen LogP contribution in [0.5, 0.6) is 0 Å². The zero-order chi connectivity index (χ0) is 52.5. The van der Waals surface area contributed by atoms with Crippen LogP contribution in [0.4, 0.5) is 11.6 Å². The highest BCUT2D eigenvalue weighted by Gasteiger charge is 2.18. The summed E-state index contributed by atoms with van der Waals surface area (Å²) in [4.78, 5) is 58.9. The van der Waals surface area contributed by atoms with Crippen molar-refractivity contribution in [2.45, 2.75) is 90.4 Å². The molecule has 10 rings (SSSR count). The lowest BCUT2D eigenvalue weighted by Crippen LogP contribution is -2.34. The molecule has 0 unspecified atom stereocenters. The molecule has 4 aromatic carbocycles. The molecule has 4 aromatic heterocycles. The van der Waals surface area contributed by atoms with E-state index in [0.717, 1.165) is 42.4 Å². The van der Waals surface area contributed by atoms with Crippen molar-refractivity contribution in [3.05, 3.63) is 199 Å². The summed E-state index contributed by atoms with van der Waals surface area (Å²) in [6.07, 6.45) is 21.3. The molecule has 0 spiro atoms. The fraction of sp³-hybridized carbons (Fsp3) is 0.310. The second-order valence-corrected chi connectivity index (χ2v) is 18.9. The molecule has 388 valence electrons. The second-order valence-electron chi connectivity index (χ2n) is 18.9. The van der Waals surface area contributed by atoms with E-state index in [9.17, 15) is 19.2 Å². The number of carboxylic acid groups (broad SMARTS) is 1. The molecule has 2 aliphatic carbocycles. The number of fused-ring (bicyclic) bond motifs is 2. The van der Waals surface area contributed by atoms with E-state index in [2.05, 4.69) is 72.5 Å². The Balaban J connectivity index is 0.000000169. The van der Waals surface area contributed by atoms with Gasteiger partial charge in [-0.15, -0.1) is 0 Å². The highest BCUT2D eigenvalue weighted by Crippen LogP contribution is 2.24. The summed E-state index contributed by atoms with van der Waals surface area (Å²) in [5, 5.41) is 26.6. The van der Waals surface area contributed by atoms with Gasteiger partial charge in [0.25, 0.3) is 11.1 Å². The van der Waals surface area contributed by atoms with Crippen molar-refractivity contribution in [3.63, 3.8) is 0 Å². The molecule has 8 aromatic rings. The van der Waals surface area contributed by atoms with Gasteiger partial charge >= 0.3 is 5.97 Å². The Morgan fingerprint density at radius 3 is 1.48 bits per heavy atom. The normalized spacial score (nSPS) is 12.5. The van der Waals surface area contributed by atoms with E-state index >= 15 is 0 Å². The third-order valence-electron chi connectivity index (χ3n) is 13.4. The molecule has 75 heavy (non-hydrogen) atoms. The average Bonchev–Trinajstić information content (AvgIpc) is 4.08. The SMILES string of the molecule is Cn1cc(-c2cnc(NCCc3ccccc3)c(=O)n2CC(=O)NCc2ccc3c(c2)CCCC3)cn1.Cn1cc(-c2cnc(NCCc3ccccc3)c(=O)n2CC(=O)O)cn1.NCc1ccc2c(c1)CCCC2. The summed E-state index contributed by atoms with van der Waals surface area (Å²) in [5.41, 5.74) is 17.6. The van der Waals surface area contributed by atoms with Gasteiger partial charge in [-0.05, 0) is 109 Å². The number of nitrogens with two attached hydrogens (primary N) is 1. The van der Waals surface area contributed by atoms with Gasteiger partial charge in [-0.1, -0.05) is 97.1 Å². The zero-order valence-electron chi connectivity index (χ0n) is 42.8. The summed E-state index contributed by atoms with van der Waals surface area (Å²) in [6.45, 7) is 1.63. The average molecular weight is 1010 g/mol. The maximum Gasteiger partial charge on any atom is 0.323 e. The highest BCUT2D eigenvalue weighted by atomic mass is 16.4. The number of nitrogens with zero attached hydrogens (tertiary/aromatic N) is 8. The quantitative estimate of drug-likeness (QED) is 0.0629. The van der Waals surface area contributed by atoms with E-state index in [-0.39, 0.29) is 29.6 Å². The van der Waals surface area contributed by atoms with Crippen molar-refractivity contribution in [1.82, 2.24) is 44.0 Å². The summed E-state index contributed by atoms with van der Waals surface area (Å²) >= 11 is 0. The molecular formula is C58H66N12O5. The van der Waals surface area contributed by atoms with Gasteiger partial charge in [0.05, 0.1) is 36.2 Å². The van der Waals surface area contributed by atoms with E-state index in [4.69, 9.17) is 10.8 Å². The number of amides is 1. The predicted octanol–water partition coefficient (Wildman–Crippen LogP) is 6.90. The minimum atomic E-state index is -1.10. The Bertz CT molecular complexity index is 3310. The number of benzene rings is 4. The Morgan fingerprint density at radius 1 is 0.573 bits per heavy atom. The molecule has 4 heterocycles. The van der Waals surface area contributed by atoms with Gasteiger partial charge in [0.2, 0.25) is 5.91 Å². The van der Waals surface area contributed by atoms with Gasteiger partial charge in [-0.3, -0.25) is 37.7 Å². The molecule has 0 radical (unpaired) electrons. The van der Waals surface area contributed by atoms with E-state index in [1.54, 1.807) is 53.0 Å². The van der Waals surface area contributed by atoms with Crippen molar-refractivity contribution in [1.29, 1.82) is 0 Å². The number of carbonyl (C=O) groups is 2. The Kier molecular flexibility index (Phi) is 18.3. The van der Waals surface area contributed by atoms with Crippen LogP contribution in [0.1, 0.15) is 70.2 Å². The topological polar surface area (TPSA) is 222 Å². The first-order chi connectivity index (χ1) is 36.5. The first kappa shape index (κ1) is 52.9. The Hall–Kier alpha value is -8.44. The van der Waals surface area contributed by atoms with Crippen LogP contribution in [0.2, 0.25) is 0 Å². The van der Waals surface area contributed by atoms with E-state index < -0.39 is 18.1 Å². The zero-order valence-corrected chi connectivity index (χ0v) is 42.8. The summed E-state index contributed by atoms with van der Waals surface area (Å²) < 4.78 is 5.90. The summed E-state index contributed by atoms with van der Waals surface area (Å²) in [5.74, 6) is -0.967. The standard InChI is InChI=1S/C29H32N6O2.C18H19N5O3.C11H15N/c1-34-19-25(17-33-34)26-18-32-28(30-14-13-21-7-3-2-4-8-21)29(37)35(26)20-27(36)31-16-22-11-12-23-9-5-6-10-24(23)15-22;1-22-11-14(9-21-22)15-10-20-17(18(26)23(15)12-16(24)25)19-8-7-13-5-3-2-4-6-13;12-8-9-5-6-10-3-1-2-4-11(10)7-9/h2-4,7-8,11-12,15,17-19H,5-6,9-10,13-14,16,20H2,1H3,(H,30,32)(H,31,36);2-6,9-11H,7-8,12H2,1H3,(H,19,20)(H,24,25);5-7H,1-4,8,12H2. The fourth-order valence-electron chi connectivity index (χ4n) is 9.39. The molecule has 0 atom stereocenters. The lowest BCUT2D eigenvalue weighted by molar-refractivity contribution is -0.137. The molecule has 0 fully saturated rings. The van der Waals surface area contributed by atoms with Gasteiger partial charge in [0.15, 0.2) is 11.6 Å². The third kappa shape index (κ3) is 14.6. The molecule has 0 saturated carbocycles. The maximum absolute atomic E-state index is 13.4. The van der Waals surface area contributed by atoms with Crippen LogP contribution in [0, 0.1) is 0 Å². The molecule has 17 heteroatoms. The molecule has 6 N–H and O–H groups in total. The van der Waals surface area contributed by atoms with E-state index in [0.29, 0.717) is 43.1 Å². The number of hydrogen-bond donors (Lipinski definition) is 5. The van der Waals surface area contributed by atoms with Gasteiger partial charge in [-0.25, -0.2) is 9.97 Å². The van der Waals surface area contributed by atoms with Crippen molar-refractivity contribution in [2.24, 2.45) is 19.8 Å². The molecular weight excluding hydrogens is 945 g/mol. The van der Waals surface area contributed by atoms with E-state index in [1.165, 1.54) is 81.7 Å². The van der Waals surface area contributed by atoms with Crippen LogP contribution in [0.3, 0.4) is 0 Å². The first-order valence-corrected chi connectivity index (χ1v) is 25.6. The number of rotatable bonds is 17. The van der Waals surface area contributed by atoms with Gasteiger partial charge in [-0.2, -0.15) is 10.2 Å². The number of anilines is 2. The van der Waals surface area contributed by atoms with Gasteiger partial charge in [0, 0.05) is 63.8 Å². The summed E-state index contributed by atoms with van der Waals surface area (Å²) in [6, 6.07) is 33.0. The van der Waals surface area contributed by atoms with Crippen molar-refractivity contribution in [3.8, 4) is 22.5 Å². The van der Waals surface area contributed by atoms with Crippen molar-refractivity contribution >= 4 is 23.5 Å². The Labute approximate surface area is 436 Å². The van der Waals surface area contributed by atoms with Crippen molar-refractivity contribution in [2.75, 3.05) is 23.7 Å². The van der Waals surface area contributed by atoms with Gasteiger partial charge in [0.1, 0.15) is 13.1 Å². The van der Waals surface area contributed by atoms with Crippen LogP contribution in [-0.2, 0) is 88.4 Å². The lowest BCUT2D eigenvalue weighted by Gasteiger charge is -2.17. The molecule has 1 amide bonds. The minimum absolute atomic E-state index is 0.107. The molecule has 2 aliphatic rings. The van der Waals surface area contributed by atoms with Crippen molar-refractivity contribution < 1.29 is 14.7 Å². The number of aryl methyl sites for hydroxylation is 6. The number of nitrogens with one attached hydrogen (secondary N) is 3. The highest BCUT2D eigenvalue weighted by molar-refractivity contribution is 5.77. The number of carboxylic acids is 1. The minimum Gasteiger partial charge on any atom is -0.480 e. The van der Waals surface area contributed by atoms with Crippen LogP contribution >= 0.6 is 0 Å². The maximum atomic E-state index is 13.4. The number of aromatic nitrogens is 8. The smallest absolute Gasteiger partial charge is 0.323 e.